The summed E-state index contributed by atoms with van der Waals surface area (Å²) in [5.74, 6) is 0.165. The van der Waals surface area contributed by atoms with Gasteiger partial charge < -0.3 is 14.8 Å². The summed E-state index contributed by atoms with van der Waals surface area (Å²) in [5, 5.41) is 1.17. The van der Waals surface area contributed by atoms with Crippen LogP contribution in [0.1, 0.15) is 44.0 Å². The number of H-pyrrole nitrogens is 1. The van der Waals surface area contributed by atoms with Gasteiger partial charge in [0.25, 0.3) is 0 Å². The van der Waals surface area contributed by atoms with Crippen molar-refractivity contribution in [2.75, 3.05) is 13.1 Å². The highest BCUT2D eigenvalue weighted by atomic mass is 16.2. The maximum absolute atomic E-state index is 12.9. The molecule has 5 nitrogen and oxygen atoms in total. The molecule has 2 amide bonds. The zero-order chi connectivity index (χ0) is 16.8. The summed E-state index contributed by atoms with van der Waals surface area (Å²) in [6, 6.07) is 7.73. The van der Waals surface area contributed by atoms with E-state index in [0.29, 0.717) is 13.0 Å². The number of aromatic nitrogens is 1. The first-order valence-electron chi connectivity index (χ1n) is 8.81. The molecule has 126 valence electrons. The predicted octanol–water partition coefficient (Wildman–Crippen LogP) is 2.62. The molecule has 3 heterocycles. The molecule has 1 fully saturated rings. The van der Waals surface area contributed by atoms with Crippen LogP contribution in [0.5, 0.6) is 0 Å². The number of nitrogens with zero attached hydrogens (tertiary/aromatic N) is 2. The Bertz CT molecular complexity index is 810. The van der Waals surface area contributed by atoms with Gasteiger partial charge in [-0.25, -0.2) is 0 Å². The molecule has 1 saturated heterocycles. The Morgan fingerprint density at radius 3 is 2.83 bits per heavy atom. The monoisotopic (exact) mass is 325 g/mol. The molecule has 5 heteroatoms. The van der Waals surface area contributed by atoms with Crippen LogP contribution in [0.4, 0.5) is 0 Å². The van der Waals surface area contributed by atoms with E-state index in [1.807, 2.05) is 19.1 Å². The average molecular weight is 325 g/mol. The van der Waals surface area contributed by atoms with Gasteiger partial charge in [0.15, 0.2) is 0 Å². The SMILES string of the molecule is CCCCN1CC(=O)N2[C@@H](Cc3c([nH]c4ccccc34)[C@@H]2C)C1=O. The maximum atomic E-state index is 12.9. The zero-order valence-electron chi connectivity index (χ0n) is 14.2. The van der Waals surface area contributed by atoms with Crippen molar-refractivity contribution in [2.45, 2.75) is 45.2 Å². The van der Waals surface area contributed by atoms with Crippen LogP contribution >= 0.6 is 0 Å². The van der Waals surface area contributed by atoms with E-state index in [1.165, 1.54) is 10.9 Å². The second kappa shape index (κ2) is 5.65. The Balaban J connectivity index is 1.74. The van der Waals surface area contributed by atoms with E-state index >= 15 is 0 Å². The minimum atomic E-state index is -0.357. The summed E-state index contributed by atoms with van der Waals surface area (Å²) in [6.07, 6.45) is 2.58. The highest BCUT2D eigenvalue weighted by molar-refractivity contribution is 5.97. The molecule has 24 heavy (non-hydrogen) atoms. The number of carbonyl (C=O) groups excluding carboxylic acids is 2. The number of fused-ring (bicyclic) bond motifs is 4. The average Bonchev–Trinajstić information content (AvgIpc) is 2.96. The number of rotatable bonds is 3. The summed E-state index contributed by atoms with van der Waals surface area (Å²) in [5.41, 5.74) is 3.35. The van der Waals surface area contributed by atoms with Crippen molar-refractivity contribution >= 4 is 22.7 Å². The van der Waals surface area contributed by atoms with Gasteiger partial charge in [-0.05, 0) is 25.0 Å². The van der Waals surface area contributed by atoms with E-state index in [4.69, 9.17) is 0 Å². The fraction of sp³-hybridized carbons (Fsp3) is 0.474. The summed E-state index contributed by atoms with van der Waals surface area (Å²) >= 11 is 0. The number of aromatic amines is 1. The minimum absolute atomic E-state index is 0.0625. The number of hydrogen-bond acceptors (Lipinski definition) is 2. The number of unbranched alkanes of at least 4 members (excludes halogenated alkanes) is 1. The van der Waals surface area contributed by atoms with Crippen molar-refractivity contribution < 1.29 is 9.59 Å². The smallest absolute Gasteiger partial charge is 0.246 e. The van der Waals surface area contributed by atoms with E-state index in [0.717, 1.165) is 24.1 Å². The molecule has 2 aromatic rings. The minimum Gasteiger partial charge on any atom is -0.356 e. The molecule has 4 rings (SSSR count). The van der Waals surface area contributed by atoms with Gasteiger partial charge in [0, 0.05) is 29.6 Å². The van der Waals surface area contributed by atoms with Crippen LogP contribution in [0, 0.1) is 0 Å². The first-order chi connectivity index (χ1) is 11.6. The van der Waals surface area contributed by atoms with Crippen molar-refractivity contribution in [1.29, 1.82) is 0 Å². The van der Waals surface area contributed by atoms with Crippen molar-refractivity contribution in [3.8, 4) is 0 Å². The summed E-state index contributed by atoms with van der Waals surface area (Å²) in [6.45, 7) is 5.02. The van der Waals surface area contributed by atoms with Gasteiger partial charge in [-0.3, -0.25) is 9.59 Å². The Morgan fingerprint density at radius 1 is 1.25 bits per heavy atom. The van der Waals surface area contributed by atoms with Gasteiger partial charge in [0.05, 0.1) is 12.6 Å². The second-order valence-corrected chi connectivity index (χ2v) is 6.87. The molecule has 1 aromatic carbocycles. The molecule has 1 aromatic heterocycles. The number of para-hydroxylation sites is 1. The van der Waals surface area contributed by atoms with Crippen LogP contribution in [0.3, 0.4) is 0 Å². The molecule has 2 aliphatic rings. The third kappa shape index (κ3) is 2.14. The summed E-state index contributed by atoms with van der Waals surface area (Å²) in [4.78, 5) is 32.7. The third-order valence-corrected chi connectivity index (χ3v) is 5.41. The molecule has 0 radical (unpaired) electrons. The Morgan fingerprint density at radius 2 is 2.04 bits per heavy atom. The number of benzene rings is 1. The Kier molecular flexibility index (Phi) is 3.59. The van der Waals surface area contributed by atoms with Crippen molar-refractivity contribution in [3.05, 3.63) is 35.5 Å². The molecule has 0 aliphatic carbocycles. The Labute approximate surface area is 141 Å². The molecule has 1 N–H and O–H groups in total. The summed E-state index contributed by atoms with van der Waals surface area (Å²) < 4.78 is 0. The molecule has 2 atom stereocenters. The standard InChI is InChI=1S/C19H23N3O2/c1-3-4-9-21-11-17(23)22-12(2)18-14(10-16(22)19(21)24)13-7-5-6-8-15(13)20-18/h5-8,12,16,20H,3-4,9-11H2,1-2H3/t12-,16-/m0/s1. The van der Waals surface area contributed by atoms with Gasteiger partial charge in [0.2, 0.25) is 11.8 Å². The molecule has 2 aliphatic heterocycles. The summed E-state index contributed by atoms with van der Waals surface area (Å²) in [7, 11) is 0. The maximum Gasteiger partial charge on any atom is 0.246 e. The van der Waals surface area contributed by atoms with Crippen LogP contribution in [0.2, 0.25) is 0 Å². The Hall–Kier alpha value is -2.30. The largest absolute Gasteiger partial charge is 0.356 e. The van der Waals surface area contributed by atoms with Gasteiger partial charge in [0.1, 0.15) is 6.04 Å². The van der Waals surface area contributed by atoms with Gasteiger partial charge in [-0.1, -0.05) is 31.5 Å². The van der Waals surface area contributed by atoms with Crippen LogP contribution in [0.25, 0.3) is 10.9 Å². The third-order valence-electron chi connectivity index (χ3n) is 5.41. The quantitative estimate of drug-likeness (QED) is 0.943. The lowest BCUT2D eigenvalue weighted by molar-refractivity contribution is -0.159. The van der Waals surface area contributed by atoms with E-state index < -0.39 is 0 Å². The molecule has 0 spiro atoms. The first kappa shape index (κ1) is 15.2. The lowest BCUT2D eigenvalue weighted by atomic mass is 9.90. The molecule has 0 saturated carbocycles. The molecular formula is C19H23N3O2. The number of amides is 2. The highest BCUT2D eigenvalue weighted by Gasteiger charge is 2.45. The van der Waals surface area contributed by atoms with E-state index in [9.17, 15) is 9.59 Å². The van der Waals surface area contributed by atoms with E-state index in [2.05, 4.69) is 24.0 Å². The van der Waals surface area contributed by atoms with Crippen LogP contribution in [0.15, 0.2) is 24.3 Å². The van der Waals surface area contributed by atoms with Gasteiger partial charge in [-0.15, -0.1) is 0 Å². The van der Waals surface area contributed by atoms with Gasteiger partial charge in [-0.2, -0.15) is 0 Å². The molecular weight excluding hydrogens is 302 g/mol. The lowest BCUT2D eigenvalue weighted by Crippen LogP contribution is -2.62. The normalized spacial score (nSPS) is 23.6. The predicted molar refractivity (Wildman–Crippen MR) is 92.5 cm³/mol. The number of carbonyl (C=O) groups is 2. The van der Waals surface area contributed by atoms with Crippen LogP contribution in [-0.4, -0.2) is 45.7 Å². The number of piperazine rings is 1. The van der Waals surface area contributed by atoms with Gasteiger partial charge >= 0.3 is 0 Å². The van der Waals surface area contributed by atoms with Crippen molar-refractivity contribution in [1.82, 2.24) is 14.8 Å². The second-order valence-electron chi connectivity index (χ2n) is 6.87. The van der Waals surface area contributed by atoms with Crippen molar-refractivity contribution in [2.24, 2.45) is 0 Å². The molecule has 0 unspecified atom stereocenters. The number of hydrogen-bond donors (Lipinski definition) is 1. The lowest BCUT2D eigenvalue weighted by Gasteiger charge is -2.46. The highest BCUT2D eigenvalue weighted by Crippen LogP contribution is 2.38. The zero-order valence-corrected chi connectivity index (χ0v) is 14.2. The topological polar surface area (TPSA) is 56.4 Å². The fourth-order valence-electron chi connectivity index (χ4n) is 4.17. The first-order valence-corrected chi connectivity index (χ1v) is 8.81. The van der Waals surface area contributed by atoms with Crippen LogP contribution < -0.4 is 0 Å². The fourth-order valence-corrected chi connectivity index (χ4v) is 4.17. The number of nitrogens with one attached hydrogen (secondary N) is 1. The molecule has 0 bridgehead atoms. The van der Waals surface area contributed by atoms with Crippen molar-refractivity contribution in [3.63, 3.8) is 0 Å². The van der Waals surface area contributed by atoms with E-state index in [1.54, 1.807) is 9.80 Å². The van der Waals surface area contributed by atoms with Crippen LogP contribution in [-0.2, 0) is 16.0 Å². The van der Waals surface area contributed by atoms with E-state index in [-0.39, 0.29) is 30.4 Å².